The quantitative estimate of drug-likeness (QED) is 0.276. The monoisotopic (exact) mass is 519 g/mol. The summed E-state index contributed by atoms with van der Waals surface area (Å²) in [7, 11) is -2.50. The third-order valence-corrected chi connectivity index (χ3v) is 8.89. The molecule has 1 aliphatic heterocycles. The molecule has 11 heteroatoms. The van der Waals surface area contributed by atoms with E-state index in [1.54, 1.807) is 31.4 Å². The molecule has 196 valence electrons. The van der Waals surface area contributed by atoms with Crippen molar-refractivity contribution in [2.75, 3.05) is 26.8 Å². The fourth-order valence-electron chi connectivity index (χ4n) is 4.10. The number of ether oxygens (including phenoxy) is 2. The Morgan fingerprint density at radius 3 is 2.17 bits per heavy atom. The molecule has 0 radical (unpaired) electrons. The number of hydrogen-bond donors (Lipinski definition) is 4. The van der Waals surface area contributed by atoms with E-state index in [-0.39, 0.29) is 30.3 Å². The highest BCUT2D eigenvalue weighted by Crippen LogP contribution is 2.34. The van der Waals surface area contributed by atoms with Crippen molar-refractivity contribution in [3.63, 3.8) is 0 Å². The summed E-state index contributed by atoms with van der Waals surface area (Å²) in [4.78, 5) is 24.9. The van der Waals surface area contributed by atoms with Gasteiger partial charge in [0.2, 0.25) is 0 Å². The van der Waals surface area contributed by atoms with Crippen LogP contribution in [0.1, 0.15) is 43.5 Å². The van der Waals surface area contributed by atoms with Gasteiger partial charge in [-0.3, -0.25) is 14.8 Å². The van der Waals surface area contributed by atoms with Crippen LogP contribution in [0.4, 0.5) is 0 Å². The van der Waals surface area contributed by atoms with Crippen LogP contribution < -0.4 is 25.6 Å². The summed E-state index contributed by atoms with van der Waals surface area (Å²) >= 11 is 0. The molecule has 1 fully saturated rings. The number of amides is 2. The lowest BCUT2D eigenvalue weighted by Crippen LogP contribution is -2.57. The average molecular weight is 520 g/mol. The Morgan fingerprint density at radius 1 is 1.03 bits per heavy atom. The largest absolute Gasteiger partial charge is 0.497 e. The molecule has 2 aromatic carbocycles. The molecule has 1 aliphatic rings. The zero-order valence-electron chi connectivity index (χ0n) is 20.7. The first-order chi connectivity index (χ1) is 17.0. The first-order valence-electron chi connectivity index (χ1n) is 11.6. The minimum absolute atomic E-state index is 0.0209. The van der Waals surface area contributed by atoms with Crippen molar-refractivity contribution in [1.82, 2.24) is 16.1 Å². The van der Waals surface area contributed by atoms with Crippen molar-refractivity contribution < 1.29 is 32.7 Å². The molecular formula is C25H33N3O7S. The summed E-state index contributed by atoms with van der Waals surface area (Å²) < 4.78 is 35.8. The number of piperidine rings is 1. The van der Waals surface area contributed by atoms with Crippen molar-refractivity contribution in [2.45, 2.75) is 48.3 Å². The summed E-state index contributed by atoms with van der Waals surface area (Å²) in [5, 5.41) is 15.2. The van der Waals surface area contributed by atoms with E-state index < -0.39 is 26.0 Å². The average Bonchev–Trinajstić information content (AvgIpc) is 2.88. The summed E-state index contributed by atoms with van der Waals surface area (Å²) in [5.41, 5.74) is 1.49. The van der Waals surface area contributed by atoms with Gasteiger partial charge in [-0.25, -0.2) is 13.9 Å². The van der Waals surface area contributed by atoms with Gasteiger partial charge in [-0.15, -0.1) is 0 Å². The van der Waals surface area contributed by atoms with E-state index in [1.165, 1.54) is 29.7 Å². The van der Waals surface area contributed by atoms with Crippen LogP contribution in [0, 0.1) is 0 Å². The number of sulfone groups is 1. The lowest BCUT2D eigenvalue weighted by atomic mass is 9.96. The Kier molecular flexibility index (Phi) is 8.59. The first kappa shape index (κ1) is 27.4. The van der Waals surface area contributed by atoms with Crippen molar-refractivity contribution >= 4 is 21.7 Å². The Balaban J connectivity index is 1.60. The molecule has 0 aliphatic carbocycles. The lowest BCUT2D eigenvalue weighted by molar-refractivity contribution is -0.132. The maximum atomic E-state index is 13.3. The molecular weight excluding hydrogens is 486 g/mol. The fourth-order valence-corrected chi connectivity index (χ4v) is 6.08. The molecule has 10 nitrogen and oxygen atoms in total. The lowest BCUT2D eigenvalue weighted by Gasteiger charge is -2.34. The van der Waals surface area contributed by atoms with Gasteiger partial charge >= 0.3 is 0 Å². The van der Waals surface area contributed by atoms with Crippen LogP contribution in [0.2, 0.25) is 0 Å². The Bertz CT molecular complexity index is 1160. The molecule has 0 aromatic heterocycles. The van der Waals surface area contributed by atoms with E-state index in [4.69, 9.17) is 9.47 Å². The van der Waals surface area contributed by atoms with Gasteiger partial charge in [-0.1, -0.05) is 0 Å². The molecule has 0 atom stereocenters. The number of carbonyl (C=O) groups excluding carboxylic acids is 2. The second-order valence-corrected chi connectivity index (χ2v) is 11.6. The number of methoxy groups -OCH3 is 1. The van der Waals surface area contributed by atoms with Gasteiger partial charge in [0, 0.05) is 17.5 Å². The van der Waals surface area contributed by atoms with Crippen LogP contribution >= 0.6 is 0 Å². The van der Waals surface area contributed by atoms with Crippen LogP contribution in [0.25, 0.3) is 0 Å². The van der Waals surface area contributed by atoms with Gasteiger partial charge < -0.3 is 20.1 Å². The van der Waals surface area contributed by atoms with E-state index in [1.807, 2.05) is 13.8 Å². The third-order valence-electron chi connectivity index (χ3n) is 6.37. The molecule has 2 aromatic rings. The number of nitrogens with one attached hydrogen (secondary N) is 3. The van der Waals surface area contributed by atoms with Crippen LogP contribution in [0.3, 0.4) is 0 Å². The first-order valence-corrected chi connectivity index (χ1v) is 13.1. The normalized spacial score (nSPS) is 15.6. The number of hydroxylamine groups is 1. The molecule has 2 amide bonds. The molecule has 4 N–H and O–H groups in total. The highest BCUT2D eigenvalue weighted by atomic mass is 32.2. The molecule has 0 bridgehead atoms. The number of carbonyl (C=O) groups is 2. The van der Waals surface area contributed by atoms with E-state index >= 15 is 0 Å². The zero-order valence-corrected chi connectivity index (χ0v) is 21.5. The maximum absolute atomic E-state index is 13.3. The Labute approximate surface area is 211 Å². The SMILES string of the molecule is COc1ccc(C(=O)NC(C)(C)CCOc2ccc(S(=O)(=O)C3(C(=O)NO)CCNCC3)cc2)cc1. The molecule has 0 spiro atoms. The predicted molar refractivity (Wildman–Crippen MR) is 133 cm³/mol. The zero-order chi connectivity index (χ0) is 26.4. The highest BCUT2D eigenvalue weighted by molar-refractivity contribution is 7.93. The van der Waals surface area contributed by atoms with Crippen LogP contribution in [-0.4, -0.2) is 62.5 Å². The van der Waals surface area contributed by atoms with Gasteiger partial charge in [0.1, 0.15) is 11.5 Å². The van der Waals surface area contributed by atoms with Crippen molar-refractivity contribution in [3.05, 3.63) is 54.1 Å². The predicted octanol–water partition coefficient (Wildman–Crippen LogP) is 2.07. The second-order valence-electron chi connectivity index (χ2n) is 9.33. The van der Waals surface area contributed by atoms with Gasteiger partial charge in [-0.2, -0.15) is 0 Å². The fraction of sp³-hybridized carbons (Fsp3) is 0.440. The minimum Gasteiger partial charge on any atom is -0.497 e. The maximum Gasteiger partial charge on any atom is 0.265 e. The Hall–Kier alpha value is -3.15. The van der Waals surface area contributed by atoms with Crippen molar-refractivity contribution in [2.24, 2.45) is 0 Å². The van der Waals surface area contributed by atoms with E-state index in [0.29, 0.717) is 36.6 Å². The molecule has 3 rings (SSSR count). The summed E-state index contributed by atoms with van der Waals surface area (Å²) in [6.45, 7) is 4.75. The van der Waals surface area contributed by atoms with Gasteiger partial charge in [0.25, 0.3) is 11.8 Å². The van der Waals surface area contributed by atoms with Gasteiger partial charge in [0.05, 0.1) is 18.6 Å². The topological polar surface area (TPSA) is 143 Å². The summed E-state index contributed by atoms with van der Waals surface area (Å²) in [5.74, 6) is -0.0166. The number of benzene rings is 2. The molecule has 1 heterocycles. The van der Waals surface area contributed by atoms with Crippen LogP contribution in [0.15, 0.2) is 53.4 Å². The smallest absolute Gasteiger partial charge is 0.265 e. The van der Waals surface area contributed by atoms with Gasteiger partial charge in [-0.05, 0) is 88.3 Å². The highest BCUT2D eigenvalue weighted by Gasteiger charge is 2.51. The number of hydrogen-bond acceptors (Lipinski definition) is 8. The third kappa shape index (κ3) is 5.97. The molecule has 0 unspecified atom stereocenters. The van der Waals surface area contributed by atoms with Crippen LogP contribution in [0.5, 0.6) is 11.5 Å². The summed E-state index contributed by atoms with van der Waals surface area (Å²) in [6, 6.07) is 12.7. The molecule has 0 saturated carbocycles. The second kappa shape index (κ2) is 11.3. The van der Waals surface area contributed by atoms with Crippen LogP contribution in [-0.2, 0) is 14.6 Å². The van der Waals surface area contributed by atoms with Crippen molar-refractivity contribution in [1.29, 1.82) is 0 Å². The van der Waals surface area contributed by atoms with E-state index in [0.717, 1.165) is 0 Å². The Morgan fingerprint density at radius 2 is 1.61 bits per heavy atom. The van der Waals surface area contributed by atoms with E-state index in [9.17, 15) is 23.2 Å². The summed E-state index contributed by atoms with van der Waals surface area (Å²) in [6.07, 6.45) is 0.607. The minimum atomic E-state index is -4.06. The molecule has 36 heavy (non-hydrogen) atoms. The molecule has 1 saturated heterocycles. The van der Waals surface area contributed by atoms with Crippen molar-refractivity contribution in [3.8, 4) is 11.5 Å². The standard InChI is InChI=1S/C25H33N3O7S/c1-24(2,27-22(29)18-4-6-19(34-3)7-5-18)14-17-35-20-8-10-21(11-9-20)36(32,33)25(23(30)28-31)12-15-26-16-13-25/h4-11,26,31H,12-17H2,1-3H3,(H,27,29)(H,28,30). The number of rotatable bonds is 10. The van der Waals surface area contributed by atoms with Gasteiger partial charge in [0.15, 0.2) is 14.6 Å². The van der Waals surface area contributed by atoms with E-state index in [2.05, 4.69) is 10.6 Å².